The highest BCUT2D eigenvalue weighted by molar-refractivity contribution is 7.12. The van der Waals surface area contributed by atoms with Crippen molar-refractivity contribution in [2.75, 3.05) is 6.61 Å². The third kappa shape index (κ3) is 3.58. The van der Waals surface area contributed by atoms with Crippen LogP contribution in [0, 0.1) is 11.3 Å². The molecule has 0 saturated heterocycles. The predicted octanol–water partition coefficient (Wildman–Crippen LogP) is 3.76. The highest BCUT2D eigenvalue weighted by Gasteiger charge is 2.09. The zero-order valence-electron chi connectivity index (χ0n) is 11.8. The Morgan fingerprint density at radius 3 is 2.50 bits per heavy atom. The van der Waals surface area contributed by atoms with Crippen LogP contribution in [0.5, 0.6) is 5.75 Å². The third-order valence-electron chi connectivity index (χ3n) is 3.09. The molecule has 4 heteroatoms. The quantitative estimate of drug-likeness (QED) is 0.812. The fourth-order valence-electron chi connectivity index (χ4n) is 1.91. The fourth-order valence-corrected chi connectivity index (χ4v) is 2.84. The Labute approximate surface area is 123 Å². The summed E-state index contributed by atoms with van der Waals surface area (Å²) in [5.41, 5.74) is 2.21. The van der Waals surface area contributed by atoms with Crippen molar-refractivity contribution < 1.29 is 4.74 Å². The molecule has 0 aliphatic rings. The molecule has 104 valence electrons. The topological polar surface area (TPSA) is 45.9 Å². The third-order valence-corrected chi connectivity index (χ3v) is 4.16. The number of rotatable bonds is 6. The summed E-state index contributed by atoms with van der Waals surface area (Å²) >= 11 is 1.47. The first-order valence-corrected chi connectivity index (χ1v) is 7.68. The van der Waals surface area contributed by atoms with Gasteiger partial charge in [0.05, 0.1) is 17.3 Å². The number of hydrogen-bond donors (Lipinski definition) is 0. The lowest BCUT2D eigenvalue weighted by Crippen LogP contribution is -2.01. The van der Waals surface area contributed by atoms with Crippen molar-refractivity contribution in [3.63, 3.8) is 0 Å². The van der Waals surface area contributed by atoms with Crippen LogP contribution >= 0.6 is 11.3 Å². The minimum absolute atomic E-state index is 0.590. The standard InChI is InChI=1S/C16H18N2OS/c1-3-12-5-7-13(8-6-12)19-10-9-16-18-14(4-2)15(11-17)20-16/h5-8H,3-4,9-10H2,1-2H3. The van der Waals surface area contributed by atoms with E-state index in [-0.39, 0.29) is 0 Å². The lowest BCUT2D eigenvalue weighted by molar-refractivity contribution is 0.321. The van der Waals surface area contributed by atoms with E-state index >= 15 is 0 Å². The Kier molecular flexibility index (Phi) is 5.14. The van der Waals surface area contributed by atoms with E-state index in [1.165, 1.54) is 16.9 Å². The van der Waals surface area contributed by atoms with Crippen LogP contribution in [0.2, 0.25) is 0 Å². The zero-order chi connectivity index (χ0) is 14.4. The Bertz CT molecular complexity index is 596. The number of aromatic nitrogens is 1. The first kappa shape index (κ1) is 14.5. The van der Waals surface area contributed by atoms with Crippen LogP contribution in [-0.4, -0.2) is 11.6 Å². The van der Waals surface area contributed by atoms with Gasteiger partial charge < -0.3 is 4.74 Å². The van der Waals surface area contributed by atoms with Crippen LogP contribution in [0.1, 0.15) is 35.0 Å². The molecule has 1 aromatic heterocycles. The maximum atomic E-state index is 9.00. The number of ether oxygens (including phenoxy) is 1. The van der Waals surface area contributed by atoms with Gasteiger partial charge in [-0.25, -0.2) is 4.98 Å². The molecule has 3 nitrogen and oxygen atoms in total. The SMILES string of the molecule is CCc1ccc(OCCc2nc(CC)c(C#N)s2)cc1. The summed E-state index contributed by atoms with van der Waals surface area (Å²) in [5.74, 6) is 0.884. The fraction of sp³-hybridized carbons (Fsp3) is 0.375. The van der Waals surface area contributed by atoms with E-state index in [9.17, 15) is 0 Å². The molecule has 2 rings (SSSR count). The second-order valence-corrected chi connectivity index (χ2v) is 5.53. The summed E-state index contributed by atoms with van der Waals surface area (Å²) in [6.07, 6.45) is 2.59. The van der Waals surface area contributed by atoms with Crippen molar-refractivity contribution in [2.24, 2.45) is 0 Å². The van der Waals surface area contributed by atoms with Gasteiger partial charge in [0, 0.05) is 6.42 Å². The maximum absolute atomic E-state index is 9.00. The maximum Gasteiger partial charge on any atom is 0.128 e. The summed E-state index contributed by atoms with van der Waals surface area (Å²) in [6, 6.07) is 10.4. The highest BCUT2D eigenvalue weighted by Crippen LogP contribution is 2.19. The summed E-state index contributed by atoms with van der Waals surface area (Å²) in [4.78, 5) is 5.21. The van der Waals surface area contributed by atoms with Crippen molar-refractivity contribution >= 4 is 11.3 Å². The van der Waals surface area contributed by atoms with Crippen molar-refractivity contribution in [3.8, 4) is 11.8 Å². The minimum atomic E-state index is 0.590. The second kappa shape index (κ2) is 7.06. The number of hydrogen-bond acceptors (Lipinski definition) is 4. The molecule has 0 N–H and O–H groups in total. The van der Waals surface area contributed by atoms with Gasteiger partial charge >= 0.3 is 0 Å². The molecule has 2 aromatic rings. The molecule has 0 bridgehead atoms. The second-order valence-electron chi connectivity index (χ2n) is 4.44. The van der Waals surface area contributed by atoms with Crippen LogP contribution < -0.4 is 4.74 Å². The number of nitrogens with zero attached hydrogens (tertiary/aromatic N) is 2. The van der Waals surface area contributed by atoms with Crippen LogP contribution in [0.25, 0.3) is 0 Å². The van der Waals surface area contributed by atoms with Gasteiger partial charge in [-0.15, -0.1) is 11.3 Å². The van der Waals surface area contributed by atoms with Gasteiger partial charge in [0.1, 0.15) is 16.7 Å². The monoisotopic (exact) mass is 286 g/mol. The zero-order valence-corrected chi connectivity index (χ0v) is 12.7. The Hall–Kier alpha value is -1.86. The number of benzene rings is 1. The summed E-state index contributed by atoms with van der Waals surface area (Å²) in [7, 11) is 0. The van der Waals surface area contributed by atoms with E-state index in [4.69, 9.17) is 10.00 Å². The van der Waals surface area contributed by atoms with Gasteiger partial charge in [0.2, 0.25) is 0 Å². The predicted molar refractivity (Wildman–Crippen MR) is 81.2 cm³/mol. The van der Waals surface area contributed by atoms with Gasteiger partial charge in [-0.05, 0) is 30.5 Å². The lowest BCUT2D eigenvalue weighted by Gasteiger charge is -2.05. The van der Waals surface area contributed by atoms with Crippen molar-refractivity contribution in [2.45, 2.75) is 33.1 Å². The molecule has 0 saturated carbocycles. The molecule has 20 heavy (non-hydrogen) atoms. The van der Waals surface area contributed by atoms with E-state index < -0.39 is 0 Å². The van der Waals surface area contributed by atoms with Crippen LogP contribution in [0.4, 0.5) is 0 Å². The van der Waals surface area contributed by atoms with Crippen molar-refractivity contribution in [1.82, 2.24) is 4.98 Å². The molecule has 0 fully saturated rings. The highest BCUT2D eigenvalue weighted by atomic mass is 32.1. The molecule has 0 radical (unpaired) electrons. The summed E-state index contributed by atoms with van der Waals surface area (Å²) in [5, 5.41) is 9.98. The smallest absolute Gasteiger partial charge is 0.128 e. The lowest BCUT2D eigenvalue weighted by atomic mass is 10.2. The molecule has 0 spiro atoms. The molecule has 0 unspecified atom stereocenters. The molecular weight excluding hydrogens is 268 g/mol. The van der Waals surface area contributed by atoms with Crippen LogP contribution in [0.3, 0.4) is 0 Å². The van der Waals surface area contributed by atoms with Gasteiger partial charge in [0.15, 0.2) is 0 Å². The van der Waals surface area contributed by atoms with E-state index in [2.05, 4.69) is 30.1 Å². The molecule has 1 aromatic carbocycles. The Balaban J connectivity index is 1.89. The van der Waals surface area contributed by atoms with Gasteiger partial charge in [0.25, 0.3) is 0 Å². The number of thiazole rings is 1. The average Bonchev–Trinajstić information content (AvgIpc) is 2.90. The van der Waals surface area contributed by atoms with Gasteiger partial charge in [-0.1, -0.05) is 26.0 Å². The normalized spacial score (nSPS) is 10.2. The largest absolute Gasteiger partial charge is 0.493 e. The Morgan fingerprint density at radius 1 is 1.20 bits per heavy atom. The van der Waals surface area contributed by atoms with E-state index in [1.807, 2.05) is 19.1 Å². The van der Waals surface area contributed by atoms with Crippen molar-refractivity contribution in [1.29, 1.82) is 5.26 Å². The summed E-state index contributed by atoms with van der Waals surface area (Å²) < 4.78 is 5.71. The minimum Gasteiger partial charge on any atom is -0.493 e. The molecule has 1 heterocycles. The van der Waals surface area contributed by atoms with Gasteiger partial charge in [-0.2, -0.15) is 5.26 Å². The number of nitriles is 1. The van der Waals surface area contributed by atoms with E-state index in [0.29, 0.717) is 6.61 Å². The molecular formula is C16H18N2OS. The van der Waals surface area contributed by atoms with Crippen LogP contribution in [0.15, 0.2) is 24.3 Å². The van der Waals surface area contributed by atoms with Crippen molar-refractivity contribution in [3.05, 3.63) is 45.4 Å². The average molecular weight is 286 g/mol. The molecule has 0 aliphatic heterocycles. The van der Waals surface area contributed by atoms with E-state index in [0.717, 1.165) is 40.6 Å². The van der Waals surface area contributed by atoms with E-state index in [1.54, 1.807) is 0 Å². The summed E-state index contributed by atoms with van der Waals surface area (Å²) in [6.45, 7) is 4.74. The van der Waals surface area contributed by atoms with Crippen LogP contribution in [-0.2, 0) is 19.3 Å². The first-order chi connectivity index (χ1) is 9.76. The Morgan fingerprint density at radius 2 is 1.95 bits per heavy atom. The first-order valence-electron chi connectivity index (χ1n) is 6.87. The molecule has 0 aliphatic carbocycles. The number of aryl methyl sites for hydroxylation is 2. The molecule has 0 atom stereocenters. The molecule has 0 amide bonds. The van der Waals surface area contributed by atoms with Gasteiger partial charge in [-0.3, -0.25) is 0 Å².